The average Bonchev–Trinajstić information content (AvgIpc) is 3.26. The number of ketones is 2. The number of hydrogen-bond donors (Lipinski definition) is 0. The van der Waals surface area contributed by atoms with Gasteiger partial charge in [-0.05, 0) is 87.0 Å². The second-order valence-corrected chi connectivity index (χ2v) is 14.0. The molecule has 0 saturated heterocycles. The fourth-order valence-corrected chi connectivity index (χ4v) is 9.88. The molecule has 4 unspecified atom stereocenters. The average molecular weight is 562 g/mol. The lowest BCUT2D eigenvalue weighted by Gasteiger charge is -2.63. The summed E-state index contributed by atoms with van der Waals surface area (Å²) in [6.07, 6.45) is 9.13. The predicted molar refractivity (Wildman–Crippen MR) is 147 cm³/mol. The lowest BCUT2D eigenvalue weighted by molar-refractivity contribution is -0.179. The molecule has 8 heteroatoms. The highest BCUT2D eigenvalue weighted by Gasteiger charge is 2.65. The van der Waals surface area contributed by atoms with Crippen molar-refractivity contribution in [3.8, 4) is 6.07 Å². The maximum absolute atomic E-state index is 14.2. The van der Waals surface area contributed by atoms with Crippen LogP contribution < -0.4 is 5.82 Å². The van der Waals surface area contributed by atoms with Gasteiger partial charge in [-0.1, -0.05) is 39.3 Å². The SMILES string of the molecule is Cc1oc(=O)oc1COC(=O)[C@@]12CCC3C(C(=O)C=C4[C@@]5(C)C=C(C#N)C(=O)[C@H](C)C5CC[C@]43C)C1C[C@@H](C)CC2. The van der Waals surface area contributed by atoms with Crippen molar-refractivity contribution in [3.05, 3.63) is 45.4 Å². The molecule has 0 N–H and O–H groups in total. The van der Waals surface area contributed by atoms with Gasteiger partial charge in [-0.25, -0.2) is 4.79 Å². The largest absolute Gasteiger partial charge is 0.519 e. The van der Waals surface area contributed by atoms with Crippen LogP contribution in [0, 0.1) is 70.0 Å². The topological polar surface area (TPSA) is 128 Å². The van der Waals surface area contributed by atoms with Gasteiger partial charge in [0, 0.05) is 17.3 Å². The van der Waals surface area contributed by atoms with E-state index in [2.05, 4.69) is 26.8 Å². The Hall–Kier alpha value is -3.21. The monoisotopic (exact) mass is 561 g/mol. The van der Waals surface area contributed by atoms with Crippen molar-refractivity contribution in [2.45, 2.75) is 86.2 Å². The second kappa shape index (κ2) is 9.40. The van der Waals surface area contributed by atoms with E-state index in [-0.39, 0.29) is 70.5 Å². The second-order valence-electron chi connectivity index (χ2n) is 14.0. The van der Waals surface area contributed by atoms with Crippen LogP contribution in [0.15, 0.2) is 36.9 Å². The Kier molecular flexibility index (Phi) is 6.41. The van der Waals surface area contributed by atoms with E-state index in [0.29, 0.717) is 24.5 Å². The smallest absolute Gasteiger partial charge is 0.457 e. The van der Waals surface area contributed by atoms with Crippen LogP contribution >= 0.6 is 0 Å². The van der Waals surface area contributed by atoms with Gasteiger partial charge in [0.2, 0.25) is 0 Å². The standard InChI is InChI=1S/C33H39NO7/c1-17-6-10-33(29(37)39-16-25-19(3)40-30(38)41-25)11-8-22-27(23(33)12-17)24(35)13-26-31(22,4)9-7-21-18(2)28(36)20(15-34)14-32(21,26)5/h13-14,17-18,21-23,27H,6-12,16H2,1-5H3/t17-,18+,21?,22?,23?,27?,31-,32-,33-/m0/s1. The van der Waals surface area contributed by atoms with Crippen molar-refractivity contribution in [2.24, 2.45) is 51.8 Å². The van der Waals surface area contributed by atoms with Crippen molar-refractivity contribution in [2.75, 3.05) is 0 Å². The van der Waals surface area contributed by atoms with E-state index in [1.54, 1.807) is 6.92 Å². The maximum Gasteiger partial charge on any atom is 0.519 e. The highest BCUT2D eigenvalue weighted by atomic mass is 16.6. The van der Waals surface area contributed by atoms with Gasteiger partial charge in [-0.15, -0.1) is 0 Å². The number of hydrogen-bond acceptors (Lipinski definition) is 8. The Labute approximate surface area is 240 Å². The molecule has 0 radical (unpaired) electrons. The third kappa shape index (κ3) is 3.90. The Bertz CT molecular complexity index is 1490. The molecule has 8 nitrogen and oxygen atoms in total. The minimum atomic E-state index is -0.822. The van der Waals surface area contributed by atoms with Gasteiger partial charge in [0.05, 0.1) is 11.0 Å². The molecule has 0 aliphatic heterocycles. The third-order valence-corrected chi connectivity index (χ3v) is 12.0. The number of aryl methyl sites for hydroxylation is 1. The molecule has 3 fully saturated rings. The van der Waals surface area contributed by atoms with Crippen LogP contribution in [0.5, 0.6) is 0 Å². The number of carbonyl (C=O) groups excluding carboxylic acids is 3. The van der Waals surface area contributed by atoms with Gasteiger partial charge in [0.25, 0.3) is 0 Å². The summed E-state index contributed by atoms with van der Waals surface area (Å²) in [6.45, 7) is 9.92. The number of nitrogens with zero attached hydrogens (tertiary/aromatic N) is 1. The lowest BCUT2D eigenvalue weighted by atomic mass is 9.40. The number of allylic oxidation sites excluding steroid dienone is 4. The molecule has 1 aromatic rings. The Morgan fingerprint density at radius 3 is 2.44 bits per heavy atom. The zero-order valence-corrected chi connectivity index (χ0v) is 24.6. The van der Waals surface area contributed by atoms with Crippen LogP contribution in [0.4, 0.5) is 0 Å². The number of nitriles is 1. The van der Waals surface area contributed by atoms with E-state index < -0.39 is 16.7 Å². The number of fused-ring (bicyclic) bond motifs is 7. The van der Waals surface area contributed by atoms with Crippen molar-refractivity contribution >= 4 is 17.5 Å². The maximum atomic E-state index is 14.2. The molecule has 1 aromatic heterocycles. The molecule has 3 saturated carbocycles. The third-order valence-electron chi connectivity index (χ3n) is 12.0. The number of ether oxygens (including phenoxy) is 1. The predicted octanol–water partition coefficient (Wildman–Crippen LogP) is 5.63. The van der Waals surface area contributed by atoms with E-state index in [1.807, 2.05) is 19.1 Å². The van der Waals surface area contributed by atoms with E-state index in [4.69, 9.17) is 13.6 Å². The van der Waals surface area contributed by atoms with Crippen molar-refractivity contribution in [1.29, 1.82) is 5.26 Å². The van der Waals surface area contributed by atoms with Crippen molar-refractivity contribution < 1.29 is 28.0 Å². The van der Waals surface area contributed by atoms with Gasteiger partial charge in [-0.3, -0.25) is 14.4 Å². The molecule has 218 valence electrons. The Morgan fingerprint density at radius 2 is 1.76 bits per heavy atom. The first kappa shape index (κ1) is 27.9. The van der Waals surface area contributed by atoms with Crippen LogP contribution in [0.2, 0.25) is 0 Å². The van der Waals surface area contributed by atoms with Crippen molar-refractivity contribution in [3.63, 3.8) is 0 Å². The summed E-state index contributed by atoms with van der Waals surface area (Å²) in [5, 5.41) is 9.76. The first-order chi connectivity index (χ1) is 19.4. The molecule has 0 aromatic carbocycles. The number of rotatable bonds is 3. The van der Waals surface area contributed by atoms with Crippen LogP contribution in [-0.2, 0) is 25.7 Å². The highest BCUT2D eigenvalue weighted by molar-refractivity contribution is 6.02. The van der Waals surface area contributed by atoms with Gasteiger partial charge in [-0.2, -0.15) is 5.26 Å². The molecule has 0 amide bonds. The van der Waals surface area contributed by atoms with Gasteiger partial charge in [0.1, 0.15) is 6.07 Å². The van der Waals surface area contributed by atoms with Gasteiger partial charge in [0.15, 0.2) is 29.7 Å². The fourth-order valence-electron chi connectivity index (χ4n) is 9.88. The molecule has 1 heterocycles. The summed E-state index contributed by atoms with van der Waals surface area (Å²) in [5.41, 5.74) is -0.306. The summed E-state index contributed by atoms with van der Waals surface area (Å²) in [5.74, 6) is -0.857. The van der Waals surface area contributed by atoms with Gasteiger partial charge < -0.3 is 13.6 Å². The minimum absolute atomic E-state index is 0.0505. The highest BCUT2D eigenvalue weighted by Crippen LogP contribution is 2.68. The molecule has 0 spiro atoms. The van der Waals surface area contributed by atoms with E-state index in [0.717, 1.165) is 37.7 Å². The normalized spacial score (nSPS) is 41.6. The molecule has 41 heavy (non-hydrogen) atoms. The molecular weight excluding hydrogens is 522 g/mol. The molecule has 0 bridgehead atoms. The molecule has 5 aliphatic rings. The van der Waals surface area contributed by atoms with Crippen LogP contribution in [0.25, 0.3) is 0 Å². The first-order valence-corrected chi connectivity index (χ1v) is 15.1. The van der Waals surface area contributed by atoms with E-state index >= 15 is 0 Å². The number of carbonyl (C=O) groups is 3. The van der Waals surface area contributed by atoms with E-state index in [1.165, 1.54) is 0 Å². The van der Waals surface area contributed by atoms with Crippen LogP contribution in [-0.4, -0.2) is 17.5 Å². The number of esters is 1. The molecule has 6 rings (SSSR count). The summed E-state index contributed by atoms with van der Waals surface area (Å²) in [7, 11) is 0. The zero-order chi connectivity index (χ0) is 29.5. The molecular formula is C33H39NO7. The molecule has 5 aliphatic carbocycles. The summed E-state index contributed by atoms with van der Waals surface area (Å²) >= 11 is 0. The lowest BCUT2D eigenvalue weighted by Crippen LogP contribution is -2.60. The van der Waals surface area contributed by atoms with E-state index in [9.17, 15) is 24.4 Å². The fraction of sp³-hybridized carbons (Fsp3) is 0.667. The number of Topliss-reactive ketones (excluding diaryl/α,β-unsaturated/α-hetero) is 1. The Morgan fingerprint density at radius 1 is 1.05 bits per heavy atom. The Balaban J connectivity index is 1.37. The van der Waals surface area contributed by atoms with Gasteiger partial charge >= 0.3 is 11.8 Å². The van der Waals surface area contributed by atoms with Crippen LogP contribution in [0.1, 0.15) is 84.2 Å². The zero-order valence-electron chi connectivity index (χ0n) is 24.6. The summed E-state index contributed by atoms with van der Waals surface area (Å²) in [4.78, 5) is 52.5. The summed E-state index contributed by atoms with van der Waals surface area (Å²) < 4.78 is 15.8. The minimum Gasteiger partial charge on any atom is -0.457 e. The van der Waals surface area contributed by atoms with Crippen LogP contribution in [0.3, 0.4) is 0 Å². The first-order valence-electron chi connectivity index (χ1n) is 15.1. The quantitative estimate of drug-likeness (QED) is 0.434. The molecule has 9 atom stereocenters. The summed E-state index contributed by atoms with van der Waals surface area (Å²) in [6, 6.07) is 2.12. The van der Waals surface area contributed by atoms with Crippen molar-refractivity contribution in [1.82, 2.24) is 0 Å².